The SMILES string of the molecule is C=CCc1nc(O)cn1Cc1ccccc1. The maximum Gasteiger partial charge on any atom is 0.229 e. The van der Waals surface area contributed by atoms with Crippen LogP contribution in [-0.4, -0.2) is 14.7 Å². The highest BCUT2D eigenvalue weighted by atomic mass is 16.3. The van der Waals surface area contributed by atoms with E-state index in [9.17, 15) is 5.11 Å². The van der Waals surface area contributed by atoms with Crippen molar-refractivity contribution in [3.63, 3.8) is 0 Å². The summed E-state index contributed by atoms with van der Waals surface area (Å²) in [6.07, 6.45) is 4.09. The van der Waals surface area contributed by atoms with Crippen molar-refractivity contribution in [2.24, 2.45) is 0 Å². The van der Waals surface area contributed by atoms with Crippen LogP contribution in [0.3, 0.4) is 0 Å². The lowest BCUT2D eigenvalue weighted by Crippen LogP contribution is -2.03. The summed E-state index contributed by atoms with van der Waals surface area (Å²) < 4.78 is 1.94. The van der Waals surface area contributed by atoms with Gasteiger partial charge in [-0.15, -0.1) is 6.58 Å². The van der Waals surface area contributed by atoms with E-state index in [4.69, 9.17) is 0 Å². The lowest BCUT2D eigenvalue weighted by atomic mass is 10.2. The molecule has 0 unspecified atom stereocenters. The van der Waals surface area contributed by atoms with E-state index >= 15 is 0 Å². The molecule has 0 radical (unpaired) electrons. The highest BCUT2D eigenvalue weighted by Gasteiger charge is 2.05. The molecule has 0 saturated heterocycles. The highest BCUT2D eigenvalue weighted by Crippen LogP contribution is 2.12. The highest BCUT2D eigenvalue weighted by molar-refractivity contribution is 5.18. The molecule has 16 heavy (non-hydrogen) atoms. The molecule has 3 nitrogen and oxygen atoms in total. The molecule has 3 heteroatoms. The van der Waals surface area contributed by atoms with Crippen LogP contribution in [0.1, 0.15) is 11.4 Å². The quantitative estimate of drug-likeness (QED) is 0.793. The van der Waals surface area contributed by atoms with Gasteiger partial charge in [-0.3, -0.25) is 0 Å². The van der Waals surface area contributed by atoms with Crippen molar-refractivity contribution in [3.8, 4) is 5.88 Å². The van der Waals surface area contributed by atoms with E-state index in [1.807, 2.05) is 22.8 Å². The third kappa shape index (κ3) is 2.31. The minimum Gasteiger partial charge on any atom is -0.492 e. The second-order valence-electron chi connectivity index (χ2n) is 3.62. The molecule has 1 N–H and O–H groups in total. The Kier molecular flexibility index (Phi) is 3.05. The Hall–Kier alpha value is -2.03. The molecule has 82 valence electrons. The third-order valence-electron chi connectivity index (χ3n) is 2.37. The fraction of sp³-hybridized carbons (Fsp3) is 0.154. The first-order valence-corrected chi connectivity index (χ1v) is 5.19. The second-order valence-corrected chi connectivity index (χ2v) is 3.62. The Labute approximate surface area is 94.7 Å². The second kappa shape index (κ2) is 4.66. The normalized spacial score (nSPS) is 10.2. The van der Waals surface area contributed by atoms with E-state index in [-0.39, 0.29) is 5.88 Å². The molecule has 0 aliphatic heterocycles. The molecule has 0 amide bonds. The monoisotopic (exact) mass is 214 g/mol. The first-order chi connectivity index (χ1) is 7.79. The Morgan fingerprint density at radius 3 is 2.75 bits per heavy atom. The fourth-order valence-electron chi connectivity index (χ4n) is 1.65. The van der Waals surface area contributed by atoms with Gasteiger partial charge in [-0.25, -0.2) is 0 Å². The predicted octanol–water partition coefficient (Wildman–Crippen LogP) is 2.37. The van der Waals surface area contributed by atoms with Crippen molar-refractivity contribution in [1.29, 1.82) is 0 Å². The Bertz CT molecular complexity index is 474. The van der Waals surface area contributed by atoms with Crippen molar-refractivity contribution in [1.82, 2.24) is 9.55 Å². The molecule has 0 saturated carbocycles. The molecule has 1 aromatic carbocycles. The zero-order valence-electron chi connectivity index (χ0n) is 9.00. The first kappa shape index (κ1) is 10.5. The summed E-state index contributed by atoms with van der Waals surface area (Å²) >= 11 is 0. The summed E-state index contributed by atoms with van der Waals surface area (Å²) in [7, 11) is 0. The number of imidazole rings is 1. The van der Waals surface area contributed by atoms with Gasteiger partial charge in [0.2, 0.25) is 5.88 Å². The third-order valence-corrected chi connectivity index (χ3v) is 2.37. The van der Waals surface area contributed by atoms with Gasteiger partial charge >= 0.3 is 0 Å². The maximum atomic E-state index is 9.37. The van der Waals surface area contributed by atoms with Crippen LogP contribution >= 0.6 is 0 Å². The van der Waals surface area contributed by atoms with Gasteiger partial charge in [-0.1, -0.05) is 36.4 Å². The molecule has 0 aliphatic carbocycles. The van der Waals surface area contributed by atoms with Gasteiger partial charge in [-0.2, -0.15) is 4.98 Å². The molecular formula is C13H14N2O. The Morgan fingerprint density at radius 1 is 1.31 bits per heavy atom. The largest absolute Gasteiger partial charge is 0.492 e. The number of allylic oxidation sites excluding steroid dienone is 1. The van der Waals surface area contributed by atoms with Crippen molar-refractivity contribution >= 4 is 0 Å². The van der Waals surface area contributed by atoms with Gasteiger partial charge in [0.1, 0.15) is 5.82 Å². The molecule has 0 atom stereocenters. The van der Waals surface area contributed by atoms with E-state index in [0.717, 1.165) is 12.4 Å². The number of hydrogen-bond donors (Lipinski definition) is 1. The minimum absolute atomic E-state index is 0.0628. The van der Waals surface area contributed by atoms with Gasteiger partial charge in [0.15, 0.2) is 0 Å². The molecule has 1 heterocycles. The summed E-state index contributed by atoms with van der Waals surface area (Å²) in [5.41, 5.74) is 1.19. The van der Waals surface area contributed by atoms with Crippen molar-refractivity contribution < 1.29 is 5.11 Å². The summed E-state index contributed by atoms with van der Waals surface area (Å²) in [4.78, 5) is 4.04. The van der Waals surface area contributed by atoms with E-state index in [1.54, 1.807) is 12.3 Å². The molecular weight excluding hydrogens is 200 g/mol. The van der Waals surface area contributed by atoms with Gasteiger partial charge in [0.25, 0.3) is 0 Å². The summed E-state index contributed by atoms with van der Waals surface area (Å²) in [5, 5.41) is 9.37. The van der Waals surface area contributed by atoms with Gasteiger partial charge in [0, 0.05) is 13.0 Å². The number of benzene rings is 1. The van der Waals surface area contributed by atoms with Crippen LogP contribution in [0.2, 0.25) is 0 Å². The average Bonchev–Trinajstić information content (AvgIpc) is 2.61. The summed E-state index contributed by atoms with van der Waals surface area (Å²) in [5.74, 6) is 0.893. The number of nitrogens with zero attached hydrogens (tertiary/aromatic N) is 2. The smallest absolute Gasteiger partial charge is 0.229 e. The minimum atomic E-state index is 0.0628. The number of aromatic nitrogens is 2. The zero-order valence-corrected chi connectivity index (χ0v) is 9.00. The average molecular weight is 214 g/mol. The van der Waals surface area contributed by atoms with E-state index in [2.05, 4.69) is 23.7 Å². The van der Waals surface area contributed by atoms with Crippen LogP contribution in [0.15, 0.2) is 49.2 Å². The van der Waals surface area contributed by atoms with Crippen LogP contribution < -0.4 is 0 Å². The van der Waals surface area contributed by atoms with Crippen LogP contribution in [0.25, 0.3) is 0 Å². The van der Waals surface area contributed by atoms with Crippen LogP contribution in [0.5, 0.6) is 5.88 Å². The number of hydrogen-bond acceptors (Lipinski definition) is 2. The lowest BCUT2D eigenvalue weighted by Gasteiger charge is -2.05. The van der Waals surface area contributed by atoms with E-state index < -0.39 is 0 Å². The molecule has 2 aromatic rings. The first-order valence-electron chi connectivity index (χ1n) is 5.19. The maximum absolute atomic E-state index is 9.37. The van der Waals surface area contributed by atoms with Gasteiger partial charge < -0.3 is 9.67 Å². The fourth-order valence-corrected chi connectivity index (χ4v) is 1.65. The van der Waals surface area contributed by atoms with E-state index in [0.29, 0.717) is 6.42 Å². The molecule has 2 rings (SSSR count). The topological polar surface area (TPSA) is 38.1 Å². The standard InChI is InChI=1S/C13H14N2O/c1-2-6-12-14-13(16)10-15(12)9-11-7-4-3-5-8-11/h2-5,7-8,10,16H,1,6,9H2. The molecule has 1 aromatic heterocycles. The number of aromatic hydroxyl groups is 1. The van der Waals surface area contributed by atoms with Gasteiger partial charge in [-0.05, 0) is 5.56 Å². The van der Waals surface area contributed by atoms with Crippen molar-refractivity contribution in [2.45, 2.75) is 13.0 Å². The lowest BCUT2D eigenvalue weighted by molar-refractivity contribution is 0.455. The van der Waals surface area contributed by atoms with Crippen LogP contribution in [0.4, 0.5) is 0 Å². The molecule has 0 aliphatic rings. The number of rotatable bonds is 4. The Balaban J connectivity index is 2.23. The molecule has 0 spiro atoms. The molecule has 0 bridgehead atoms. The van der Waals surface area contributed by atoms with Crippen LogP contribution in [0, 0.1) is 0 Å². The predicted molar refractivity (Wildman–Crippen MR) is 63.3 cm³/mol. The zero-order chi connectivity index (χ0) is 11.4. The van der Waals surface area contributed by atoms with Gasteiger partial charge in [0.05, 0.1) is 6.20 Å². The molecule has 0 fully saturated rings. The Morgan fingerprint density at radius 2 is 2.06 bits per heavy atom. The van der Waals surface area contributed by atoms with Crippen LogP contribution in [-0.2, 0) is 13.0 Å². The van der Waals surface area contributed by atoms with Crippen molar-refractivity contribution in [2.75, 3.05) is 0 Å². The summed E-state index contributed by atoms with van der Waals surface area (Å²) in [6, 6.07) is 10.1. The summed E-state index contributed by atoms with van der Waals surface area (Å²) in [6.45, 7) is 4.40. The van der Waals surface area contributed by atoms with Crippen molar-refractivity contribution in [3.05, 3.63) is 60.6 Å². The van der Waals surface area contributed by atoms with E-state index in [1.165, 1.54) is 5.56 Å².